The van der Waals surface area contributed by atoms with Gasteiger partial charge in [-0.25, -0.2) is 0 Å². The van der Waals surface area contributed by atoms with Crippen LogP contribution < -0.4 is 10.1 Å². The first-order valence-electron chi connectivity index (χ1n) is 8.88. The average Bonchev–Trinajstić information content (AvgIpc) is 2.55. The lowest BCUT2D eigenvalue weighted by atomic mass is 10.1. The van der Waals surface area contributed by atoms with Crippen molar-refractivity contribution in [2.24, 2.45) is 0 Å². The predicted molar refractivity (Wildman–Crippen MR) is 97.6 cm³/mol. The van der Waals surface area contributed by atoms with Gasteiger partial charge in [0.05, 0.1) is 0 Å². The van der Waals surface area contributed by atoms with Crippen LogP contribution in [0.3, 0.4) is 0 Å². The molecule has 0 bridgehead atoms. The number of nitrogens with zero attached hydrogens (tertiary/aromatic N) is 2. The highest BCUT2D eigenvalue weighted by molar-refractivity contribution is 5.80. The van der Waals surface area contributed by atoms with Crippen molar-refractivity contribution in [3.05, 3.63) is 29.3 Å². The summed E-state index contributed by atoms with van der Waals surface area (Å²) in [5.74, 6) is 0.731. The first-order chi connectivity index (χ1) is 11.5. The zero-order valence-electron chi connectivity index (χ0n) is 15.5. The van der Waals surface area contributed by atoms with E-state index in [9.17, 15) is 4.79 Å². The molecule has 5 heteroatoms. The predicted octanol–water partition coefficient (Wildman–Crippen LogP) is 1.82. The Bertz CT molecular complexity index is 539. The SMILES string of the molecule is Cc1ccc(O[C@@H](C)C(=O)NCCCN2CCN(C)CC2)c(C)c1. The molecule has 1 aliphatic rings. The van der Waals surface area contributed by atoms with Crippen LogP contribution in [0.25, 0.3) is 0 Å². The monoisotopic (exact) mass is 333 g/mol. The standard InChI is InChI=1S/C19H31N3O2/c1-15-6-7-18(16(2)14-15)24-17(3)19(23)20-8-5-9-22-12-10-21(4)11-13-22/h6-7,14,17H,5,8-13H2,1-4H3,(H,20,23)/t17-/m0/s1. The number of carbonyl (C=O) groups is 1. The number of benzene rings is 1. The highest BCUT2D eigenvalue weighted by Gasteiger charge is 2.16. The third kappa shape index (κ3) is 5.80. The number of nitrogens with one attached hydrogen (secondary N) is 1. The maximum Gasteiger partial charge on any atom is 0.260 e. The van der Waals surface area contributed by atoms with Gasteiger partial charge in [-0.3, -0.25) is 4.79 Å². The summed E-state index contributed by atoms with van der Waals surface area (Å²) in [5.41, 5.74) is 2.26. The number of hydrogen-bond donors (Lipinski definition) is 1. The van der Waals surface area contributed by atoms with Gasteiger partial charge in [0, 0.05) is 32.7 Å². The molecule has 1 aliphatic heterocycles. The lowest BCUT2D eigenvalue weighted by Gasteiger charge is -2.32. The second-order valence-corrected chi connectivity index (χ2v) is 6.82. The molecule has 0 spiro atoms. The van der Waals surface area contributed by atoms with Gasteiger partial charge in [0.25, 0.3) is 5.91 Å². The average molecular weight is 333 g/mol. The Labute approximate surface area is 146 Å². The first kappa shape index (κ1) is 18.7. The van der Waals surface area contributed by atoms with Crippen molar-refractivity contribution in [1.29, 1.82) is 0 Å². The number of piperazine rings is 1. The molecule has 0 aliphatic carbocycles. The van der Waals surface area contributed by atoms with Crippen molar-refractivity contribution < 1.29 is 9.53 Å². The highest BCUT2D eigenvalue weighted by Crippen LogP contribution is 2.20. The lowest BCUT2D eigenvalue weighted by Crippen LogP contribution is -2.45. The van der Waals surface area contributed by atoms with E-state index in [-0.39, 0.29) is 5.91 Å². The zero-order valence-corrected chi connectivity index (χ0v) is 15.5. The van der Waals surface area contributed by atoms with Crippen molar-refractivity contribution >= 4 is 5.91 Å². The van der Waals surface area contributed by atoms with E-state index in [2.05, 4.69) is 28.2 Å². The second kappa shape index (κ2) is 9.04. The number of likely N-dealkylation sites (N-methyl/N-ethyl adjacent to an activating group) is 1. The Morgan fingerprint density at radius 1 is 1.25 bits per heavy atom. The van der Waals surface area contributed by atoms with Crippen LogP contribution in [-0.2, 0) is 4.79 Å². The molecule has 0 saturated carbocycles. The summed E-state index contributed by atoms with van der Waals surface area (Å²) in [4.78, 5) is 17.0. The van der Waals surface area contributed by atoms with E-state index < -0.39 is 6.10 Å². The van der Waals surface area contributed by atoms with E-state index in [4.69, 9.17) is 4.74 Å². The summed E-state index contributed by atoms with van der Waals surface area (Å²) in [6.45, 7) is 12.1. The van der Waals surface area contributed by atoms with Gasteiger partial charge in [-0.15, -0.1) is 0 Å². The molecule has 2 rings (SSSR count). The molecule has 0 unspecified atom stereocenters. The lowest BCUT2D eigenvalue weighted by molar-refractivity contribution is -0.127. The minimum absolute atomic E-state index is 0.0478. The van der Waals surface area contributed by atoms with E-state index in [0.29, 0.717) is 6.54 Å². The molecule has 1 aromatic carbocycles. The van der Waals surface area contributed by atoms with Crippen LogP contribution in [0.2, 0.25) is 0 Å². The molecule has 24 heavy (non-hydrogen) atoms. The zero-order chi connectivity index (χ0) is 17.5. The van der Waals surface area contributed by atoms with Gasteiger partial charge in [0.2, 0.25) is 0 Å². The molecule has 1 fully saturated rings. The molecule has 1 saturated heterocycles. The minimum Gasteiger partial charge on any atom is -0.481 e. The number of ether oxygens (including phenoxy) is 1. The molecule has 1 aromatic rings. The van der Waals surface area contributed by atoms with Crippen LogP contribution >= 0.6 is 0 Å². The normalized spacial score (nSPS) is 17.5. The van der Waals surface area contributed by atoms with Crippen LogP contribution in [0.5, 0.6) is 5.75 Å². The maximum absolute atomic E-state index is 12.2. The van der Waals surface area contributed by atoms with Gasteiger partial charge in [-0.1, -0.05) is 17.7 Å². The quantitative estimate of drug-likeness (QED) is 0.773. The van der Waals surface area contributed by atoms with Crippen LogP contribution in [0.4, 0.5) is 0 Å². The molecule has 1 N–H and O–H groups in total. The van der Waals surface area contributed by atoms with Gasteiger partial charge in [-0.05, 0) is 52.4 Å². The maximum atomic E-state index is 12.2. The largest absolute Gasteiger partial charge is 0.481 e. The van der Waals surface area contributed by atoms with Crippen molar-refractivity contribution in [3.8, 4) is 5.75 Å². The Morgan fingerprint density at radius 2 is 1.96 bits per heavy atom. The molecule has 1 heterocycles. The van der Waals surface area contributed by atoms with Crippen LogP contribution in [0, 0.1) is 13.8 Å². The number of rotatable bonds is 7. The summed E-state index contributed by atoms with van der Waals surface area (Å²) in [6, 6.07) is 6.00. The Morgan fingerprint density at radius 3 is 2.62 bits per heavy atom. The van der Waals surface area contributed by atoms with Gasteiger partial charge in [0.1, 0.15) is 5.75 Å². The molecule has 134 valence electrons. The fourth-order valence-corrected chi connectivity index (χ4v) is 2.90. The minimum atomic E-state index is -0.477. The molecule has 1 amide bonds. The van der Waals surface area contributed by atoms with Gasteiger partial charge < -0.3 is 19.9 Å². The summed E-state index contributed by atoms with van der Waals surface area (Å²) in [5, 5.41) is 2.98. The first-order valence-corrected chi connectivity index (χ1v) is 8.88. The number of amides is 1. The number of hydrogen-bond acceptors (Lipinski definition) is 4. The van der Waals surface area contributed by atoms with Gasteiger partial charge >= 0.3 is 0 Å². The van der Waals surface area contributed by atoms with E-state index >= 15 is 0 Å². The van der Waals surface area contributed by atoms with Gasteiger partial charge in [0.15, 0.2) is 6.10 Å². The Kier molecular flexibility index (Phi) is 7.06. The van der Waals surface area contributed by atoms with E-state index in [0.717, 1.165) is 50.5 Å². The van der Waals surface area contributed by atoms with Crippen molar-refractivity contribution in [2.45, 2.75) is 33.3 Å². The smallest absolute Gasteiger partial charge is 0.260 e. The van der Waals surface area contributed by atoms with Gasteiger partial charge in [-0.2, -0.15) is 0 Å². The Hall–Kier alpha value is -1.59. The summed E-state index contributed by atoms with van der Waals surface area (Å²) in [7, 11) is 2.16. The Balaban J connectivity index is 1.66. The van der Waals surface area contributed by atoms with Crippen molar-refractivity contribution in [1.82, 2.24) is 15.1 Å². The van der Waals surface area contributed by atoms with E-state index in [1.165, 1.54) is 5.56 Å². The van der Waals surface area contributed by atoms with Crippen LogP contribution in [0.1, 0.15) is 24.5 Å². The fourth-order valence-electron chi connectivity index (χ4n) is 2.90. The highest BCUT2D eigenvalue weighted by atomic mass is 16.5. The molecule has 0 radical (unpaired) electrons. The number of aryl methyl sites for hydroxylation is 2. The van der Waals surface area contributed by atoms with E-state index in [1.54, 1.807) is 6.92 Å². The molecular formula is C19H31N3O2. The second-order valence-electron chi connectivity index (χ2n) is 6.82. The third-order valence-corrected chi connectivity index (χ3v) is 4.55. The topological polar surface area (TPSA) is 44.8 Å². The van der Waals surface area contributed by atoms with E-state index in [1.807, 2.05) is 26.0 Å². The molecule has 0 aromatic heterocycles. The number of carbonyl (C=O) groups excluding carboxylic acids is 1. The van der Waals surface area contributed by atoms with Crippen molar-refractivity contribution in [3.63, 3.8) is 0 Å². The summed E-state index contributed by atoms with van der Waals surface area (Å²) >= 11 is 0. The molecule has 5 nitrogen and oxygen atoms in total. The van der Waals surface area contributed by atoms with Crippen molar-refractivity contribution in [2.75, 3.05) is 46.3 Å². The van der Waals surface area contributed by atoms with Crippen LogP contribution in [0.15, 0.2) is 18.2 Å². The fraction of sp³-hybridized carbons (Fsp3) is 0.632. The third-order valence-electron chi connectivity index (χ3n) is 4.55. The van der Waals surface area contributed by atoms with Crippen LogP contribution in [-0.4, -0.2) is 68.1 Å². The molecular weight excluding hydrogens is 302 g/mol. The summed E-state index contributed by atoms with van der Waals surface area (Å²) < 4.78 is 5.79. The summed E-state index contributed by atoms with van der Waals surface area (Å²) in [6.07, 6.45) is 0.501. The molecule has 1 atom stereocenters.